The molecule has 2 aromatic carbocycles. The maximum Gasteiger partial charge on any atom is 0.275 e. The standard InChI is InChI=1S/C21H20FN3O2S/c1-27-18-6-4-14(5-7-18)21-24-19(13-28-21)20(26)23-16-10-15(22)11-17(12-16)25-8-2-3-9-25/h4-7,10-13H,2-3,8-9H2,1H3,(H,23,26). The zero-order valence-electron chi connectivity index (χ0n) is 15.4. The van der Waals surface area contributed by atoms with E-state index in [0.717, 1.165) is 47.9 Å². The number of nitrogens with one attached hydrogen (secondary N) is 1. The first-order valence-electron chi connectivity index (χ1n) is 9.09. The zero-order valence-corrected chi connectivity index (χ0v) is 16.3. The Balaban J connectivity index is 1.50. The topological polar surface area (TPSA) is 54.5 Å². The van der Waals surface area contributed by atoms with Crippen LogP contribution in [0.5, 0.6) is 5.75 Å². The monoisotopic (exact) mass is 397 g/mol. The van der Waals surface area contributed by atoms with Gasteiger partial charge in [0.15, 0.2) is 0 Å². The number of benzene rings is 2. The van der Waals surface area contributed by atoms with Crippen molar-refractivity contribution in [2.75, 3.05) is 30.4 Å². The molecule has 0 spiro atoms. The van der Waals surface area contributed by atoms with Crippen LogP contribution in [-0.2, 0) is 0 Å². The molecule has 3 aromatic rings. The molecule has 1 amide bonds. The van der Waals surface area contributed by atoms with E-state index in [1.54, 1.807) is 12.5 Å². The number of halogens is 1. The summed E-state index contributed by atoms with van der Waals surface area (Å²) in [6.45, 7) is 1.82. The van der Waals surface area contributed by atoms with Crippen molar-refractivity contribution < 1.29 is 13.9 Å². The molecule has 7 heteroatoms. The minimum absolute atomic E-state index is 0.308. The van der Waals surface area contributed by atoms with E-state index in [-0.39, 0.29) is 11.7 Å². The molecule has 1 fully saturated rings. The molecule has 5 nitrogen and oxygen atoms in total. The third-order valence-corrected chi connectivity index (χ3v) is 5.58. The Morgan fingerprint density at radius 1 is 1.18 bits per heavy atom. The summed E-state index contributed by atoms with van der Waals surface area (Å²) in [5.41, 5.74) is 2.45. The van der Waals surface area contributed by atoms with E-state index in [4.69, 9.17) is 4.74 Å². The van der Waals surface area contributed by atoms with E-state index in [1.807, 2.05) is 30.3 Å². The van der Waals surface area contributed by atoms with Gasteiger partial charge in [0.25, 0.3) is 5.91 Å². The number of hydrogen-bond donors (Lipinski definition) is 1. The zero-order chi connectivity index (χ0) is 19.5. The molecule has 0 aliphatic carbocycles. The van der Waals surface area contributed by atoms with Crippen molar-refractivity contribution in [1.29, 1.82) is 0 Å². The number of rotatable bonds is 5. The number of carbonyl (C=O) groups excluding carboxylic acids is 1. The number of nitrogens with zero attached hydrogens (tertiary/aromatic N) is 2. The first-order valence-corrected chi connectivity index (χ1v) is 9.97. The summed E-state index contributed by atoms with van der Waals surface area (Å²) >= 11 is 1.39. The lowest BCUT2D eigenvalue weighted by molar-refractivity contribution is 0.102. The van der Waals surface area contributed by atoms with Crippen LogP contribution in [-0.4, -0.2) is 31.1 Å². The highest BCUT2D eigenvalue weighted by Gasteiger charge is 2.16. The third kappa shape index (κ3) is 3.99. The van der Waals surface area contributed by atoms with Gasteiger partial charge in [0.2, 0.25) is 0 Å². The quantitative estimate of drug-likeness (QED) is 0.671. The second kappa shape index (κ2) is 7.98. The van der Waals surface area contributed by atoms with Gasteiger partial charge in [0.1, 0.15) is 22.3 Å². The molecule has 0 bridgehead atoms. The molecule has 144 valence electrons. The molecule has 1 N–H and O–H groups in total. The second-order valence-corrected chi connectivity index (χ2v) is 7.47. The van der Waals surface area contributed by atoms with Gasteiger partial charge in [0.05, 0.1) is 7.11 Å². The summed E-state index contributed by atoms with van der Waals surface area (Å²) in [6.07, 6.45) is 2.20. The number of anilines is 2. The number of hydrogen-bond acceptors (Lipinski definition) is 5. The highest BCUT2D eigenvalue weighted by atomic mass is 32.1. The molecular weight excluding hydrogens is 377 g/mol. The van der Waals surface area contributed by atoms with Crippen molar-refractivity contribution >= 4 is 28.6 Å². The largest absolute Gasteiger partial charge is 0.497 e. The van der Waals surface area contributed by atoms with Gasteiger partial charge in [-0.1, -0.05) is 0 Å². The predicted molar refractivity (Wildman–Crippen MR) is 110 cm³/mol. The van der Waals surface area contributed by atoms with Gasteiger partial charge < -0.3 is 15.0 Å². The molecule has 1 aliphatic heterocycles. The van der Waals surface area contributed by atoms with E-state index < -0.39 is 0 Å². The average molecular weight is 397 g/mol. The first kappa shape index (κ1) is 18.4. The lowest BCUT2D eigenvalue weighted by Crippen LogP contribution is -2.18. The van der Waals surface area contributed by atoms with Crippen LogP contribution in [0.25, 0.3) is 10.6 Å². The van der Waals surface area contributed by atoms with Gasteiger partial charge in [-0.15, -0.1) is 11.3 Å². The molecule has 1 saturated heterocycles. The Labute approximate surface area is 166 Å². The Morgan fingerprint density at radius 2 is 1.93 bits per heavy atom. The van der Waals surface area contributed by atoms with Crippen LogP contribution in [0.1, 0.15) is 23.3 Å². The first-order chi connectivity index (χ1) is 13.6. The summed E-state index contributed by atoms with van der Waals surface area (Å²) in [5, 5.41) is 5.21. The van der Waals surface area contributed by atoms with Crippen LogP contribution >= 0.6 is 11.3 Å². The number of amides is 1. The highest BCUT2D eigenvalue weighted by Crippen LogP contribution is 2.28. The highest BCUT2D eigenvalue weighted by molar-refractivity contribution is 7.13. The Bertz CT molecular complexity index is 982. The summed E-state index contributed by atoms with van der Waals surface area (Å²) in [5.74, 6) is 0.0454. The van der Waals surface area contributed by atoms with Crippen molar-refractivity contribution in [2.45, 2.75) is 12.8 Å². The van der Waals surface area contributed by atoms with Crippen LogP contribution < -0.4 is 15.0 Å². The molecule has 0 unspecified atom stereocenters. The molecule has 2 heterocycles. The summed E-state index contributed by atoms with van der Waals surface area (Å²) in [6, 6.07) is 12.1. The summed E-state index contributed by atoms with van der Waals surface area (Å²) < 4.78 is 19.2. The van der Waals surface area contributed by atoms with E-state index in [2.05, 4.69) is 15.2 Å². The van der Waals surface area contributed by atoms with E-state index >= 15 is 0 Å². The summed E-state index contributed by atoms with van der Waals surface area (Å²) in [4.78, 5) is 19.1. The Hall–Kier alpha value is -2.93. The maximum atomic E-state index is 14.0. The molecule has 1 aliphatic rings. The van der Waals surface area contributed by atoms with Gasteiger partial charge in [-0.25, -0.2) is 9.37 Å². The SMILES string of the molecule is COc1ccc(-c2nc(C(=O)Nc3cc(F)cc(N4CCCC4)c3)cs2)cc1. The van der Waals surface area contributed by atoms with Gasteiger partial charge in [-0.3, -0.25) is 4.79 Å². The molecule has 4 rings (SSSR count). The predicted octanol–water partition coefficient (Wildman–Crippen LogP) is 4.81. The van der Waals surface area contributed by atoms with Crippen LogP contribution in [0.15, 0.2) is 47.8 Å². The molecule has 28 heavy (non-hydrogen) atoms. The van der Waals surface area contributed by atoms with Gasteiger partial charge in [-0.05, 0) is 55.3 Å². The number of aromatic nitrogens is 1. The molecular formula is C21H20FN3O2S. The van der Waals surface area contributed by atoms with E-state index in [0.29, 0.717) is 11.4 Å². The lowest BCUT2D eigenvalue weighted by atomic mass is 10.2. The maximum absolute atomic E-state index is 14.0. The van der Waals surface area contributed by atoms with Gasteiger partial charge in [0, 0.05) is 35.4 Å². The van der Waals surface area contributed by atoms with E-state index in [9.17, 15) is 9.18 Å². The van der Waals surface area contributed by atoms with Crippen molar-refractivity contribution in [3.8, 4) is 16.3 Å². The van der Waals surface area contributed by atoms with Gasteiger partial charge in [-0.2, -0.15) is 0 Å². The van der Waals surface area contributed by atoms with Gasteiger partial charge >= 0.3 is 0 Å². The van der Waals surface area contributed by atoms with Crippen molar-refractivity contribution in [3.63, 3.8) is 0 Å². The van der Waals surface area contributed by atoms with E-state index in [1.165, 1.54) is 23.5 Å². The number of ether oxygens (including phenoxy) is 1. The number of thiazole rings is 1. The fourth-order valence-corrected chi connectivity index (χ4v) is 4.05. The summed E-state index contributed by atoms with van der Waals surface area (Å²) in [7, 11) is 1.61. The third-order valence-electron chi connectivity index (χ3n) is 4.69. The van der Waals surface area contributed by atoms with Crippen LogP contribution in [0, 0.1) is 5.82 Å². The average Bonchev–Trinajstić information content (AvgIpc) is 3.40. The number of methoxy groups -OCH3 is 1. The molecule has 1 aromatic heterocycles. The molecule has 0 saturated carbocycles. The smallest absolute Gasteiger partial charge is 0.275 e. The fourth-order valence-electron chi connectivity index (χ4n) is 3.24. The van der Waals surface area contributed by atoms with Crippen molar-refractivity contribution in [1.82, 2.24) is 4.98 Å². The Kier molecular flexibility index (Phi) is 5.25. The lowest BCUT2D eigenvalue weighted by Gasteiger charge is -2.18. The molecule has 0 radical (unpaired) electrons. The number of carbonyl (C=O) groups is 1. The Morgan fingerprint density at radius 3 is 2.64 bits per heavy atom. The van der Waals surface area contributed by atoms with Crippen LogP contribution in [0.4, 0.5) is 15.8 Å². The second-order valence-electron chi connectivity index (χ2n) is 6.61. The molecule has 0 atom stereocenters. The van der Waals surface area contributed by atoms with Crippen molar-refractivity contribution in [3.05, 3.63) is 59.4 Å². The fraction of sp³-hybridized carbons (Fsp3) is 0.238. The van der Waals surface area contributed by atoms with Crippen LogP contribution in [0.3, 0.4) is 0 Å². The minimum Gasteiger partial charge on any atom is -0.497 e. The minimum atomic E-state index is -0.364. The van der Waals surface area contributed by atoms with Crippen LogP contribution in [0.2, 0.25) is 0 Å². The normalized spacial score (nSPS) is 13.6. The van der Waals surface area contributed by atoms with Crippen molar-refractivity contribution in [2.24, 2.45) is 0 Å².